The van der Waals surface area contributed by atoms with Gasteiger partial charge in [-0.05, 0) is 12.1 Å². The highest BCUT2D eigenvalue weighted by atomic mass is 32.1. The minimum atomic E-state index is 0.339. The van der Waals surface area contributed by atoms with E-state index in [-0.39, 0.29) is 0 Å². The maximum Gasteiger partial charge on any atom is 0.228 e. The van der Waals surface area contributed by atoms with Gasteiger partial charge >= 0.3 is 0 Å². The second kappa shape index (κ2) is 7.21. The van der Waals surface area contributed by atoms with Crippen LogP contribution >= 0.6 is 11.3 Å². The first-order valence-corrected chi connectivity index (χ1v) is 9.63. The number of hydrogen-bond donors (Lipinski definition) is 0. The lowest BCUT2D eigenvalue weighted by molar-refractivity contribution is 0.294. The van der Waals surface area contributed by atoms with Gasteiger partial charge in [-0.25, -0.2) is 19.6 Å². The van der Waals surface area contributed by atoms with Gasteiger partial charge in [0, 0.05) is 10.9 Å². The molecule has 5 rings (SSSR count). The maximum absolute atomic E-state index is 5.94. The summed E-state index contributed by atoms with van der Waals surface area (Å²) >= 11 is 1.60. The Bertz CT molecular complexity index is 1220. The first-order chi connectivity index (χ1) is 13.9. The monoisotopic (exact) mass is 385 g/mol. The Morgan fingerprint density at radius 2 is 1.71 bits per heavy atom. The largest absolute Gasteiger partial charge is 0.471 e. The van der Waals surface area contributed by atoms with Gasteiger partial charge in [-0.3, -0.25) is 0 Å². The highest BCUT2D eigenvalue weighted by Crippen LogP contribution is 2.26. The Morgan fingerprint density at radius 3 is 2.54 bits per heavy atom. The molecule has 0 radical (unpaired) electrons. The van der Waals surface area contributed by atoms with Crippen LogP contribution in [0.4, 0.5) is 0 Å². The van der Waals surface area contributed by atoms with E-state index in [1.165, 1.54) is 6.33 Å². The van der Waals surface area contributed by atoms with Crippen molar-refractivity contribution >= 4 is 22.4 Å². The predicted octanol–water partition coefficient (Wildman–Crippen LogP) is 4.52. The SMILES string of the molecule is c1ccc(-c2nc(COc3ncnc4c3cnn4-c3ccccc3)cs2)cc1. The van der Waals surface area contributed by atoms with Crippen LogP contribution in [0.5, 0.6) is 5.88 Å². The topological polar surface area (TPSA) is 65.7 Å². The summed E-state index contributed by atoms with van der Waals surface area (Å²) in [6, 6.07) is 20.0. The van der Waals surface area contributed by atoms with E-state index in [1.807, 2.05) is 53.9 Å². The smallest absolute Gasteiger partial charge is 0.228 e. The lowest BCUT2D eigenvalue weighted by Crippen LogP contribution is -2.00. The molecule has 0 aliphatic carbocycles. The van der Waals surface area contributed by atoms with Crippen molar-refractivity contribution < 1.29 is 4.74 Å². The molecule has 6 nitrogen and oxygen atoms in total. The normalized spacial score (nSPS) is 11.0. The second-order valence-corrected chi connectivity index (χ2v) is 6.96. The van der Waals surface area contributed by atoms with E-state index in [4.69, 9.17) is 4.74 Å². The summed E-state index contributed by atoms with van der Waals surface area (Å²) in [5.41, 5.74) is 3.62. The van der Waals surface area contributed by atoms with Crippen molar-refractivity contribution in [1.29, 1.82) is 0 Å². The number of fused-ring (bicyclic) bond motifs is 1. The van der Waals surface area contributed by atoms with E-state index < -0.39 is 0 Å². The van der Waals surface area contributed by atoms with Gasteiger partial charge in [-0.1, -0.05) is 48.5 Å². The zero-order chi connectivity index (χ0) is 18.8. The quantitative estimate of drug-likeness (QED) is 0.445. The third kappa shape index (κ3) is 3.12. The minimum Gasteiger partial charge on any atom is -0.471 e. The van der Waals surface area contributed by atoms with Crippen LogP contribution in [0.3, 0.4) is 0 Å². The molecule has 0 atom stereocenters. The third-order valence-corrected chi connectivity index (χ3v) is 5.20. The Kier molecular flexibility index (Phi) is 4.27. The van der Waals surface area contributed by atoms with E-state index in [0.29, 0.717) is 18.1 Å². The molecular formula is C21H15N5OS. The molecular weight excluding hydrogens is 370 g/mol. The predicted molar refractivity (Wildman–Crippen MR) is 109 cm³/mol. The van der Waals surface area contributed by atoms with Crippen molar-refractivity contribution in [3.8, 4) is 22.1 Å². The fourth-order valence-corrected chi connectivity index (χ4v) is 3.74. The number of nitrogens with zero attached hydrogens (tertiary/aromatic N) is 5. The molecule has 0 saturated heterocycles. The van der Waals surface area contributed by atoms with Gasteiger partial charge in [0.25, 0.3) is 0 Å². The van der Waals surface area contributed by atoms with Crippen molar-refractivity contribution in [2.75, 3.05) is 0 Å². The first-order valence-electron chi connectivity index (χ1n) is 8.75. The van der Waals surface area contributed by atoms with E-state index in [0.717, 1.165) is 27.3 Å². The molecule has 0 aliphatic heterocycles. The third-order valence-electron chi connectivity index (χ3n) is 4.26. The van der Waals surface area contributed by atoms with Crippen molar-refractivity contribution in [2.24, 2.45) is 0 Å². The zero-order valence-corrected chi connectivity index (χ0v) is 15.6. The van der Waals surface area contributed by atoms with Crippen molar-refractivity contribution in [1.82, 2.24) is 24.7 Å². The fraction of sp³-hybridized carbons (Fsp3) is 0.0476. The summed E-state index contributed by atoms with van der Waals surface area (Å²) in [6.45, 7) is 0.339. The molecule has 7 heteroatoms. The van der Waals surface area contributed by atoms with Gasteiger partial charge in [-0.2, -0.15) is 5.10 Å². The molecule has 2 aromatic carbocycles. The first kappa shape index (κ1) is 16.6. The summed E-state index contributed by atoms with van der Waals surface area (Å²) in [4.78, 5) is 13.3. The molecule has 0 unspecified atom stereocenters. The van der Waals surface area contributed by atoms with Crippen LogP contribution in [-0.4, -0.2) is 24.7 Å². The van der Waals surface area contributed by atoms with Crippen LogP contribution < -0.4 is 4.74 Å². The van der Waals surface area contributed by atoms with Gasteiger partial charge in [0.2, 0.25) is 5.88 Å². The summed E-state index contributed by atoms with van der Waals surface area (Å²) in [7, 11) is 0. The van der Waals surface area contributed by atoms with Crippen LogP contribution in [0.2, 0.25) is 0 Å². The molecule has 0 saturated carbocycles. The Balaban J connectivity index is 1.39. The Hall–Kier alpha value is -3.58. The van der Waals surface area contributed by atoms with Crippen LogP contribution in [0.1, 0.15) is 5.69 Å². The molecule has 136 valence electrons. The van der Waals surface area contributed by atoms with Gasteiger partial charge in [-0.15, -0.1) is 11.3 Å². The van der Waals surface area contributed by atoms with Crippen molar-refractivity contribution in [2.45, 2.75) is 6.61 Å². The number of rotatable bonds is 5. The molecule has 3 heterocycles. The van der Waals surface area contributed by atoms with E-state index in [9.17, 15) is 0 Å². The average Bonchev–Trinajstić information content (AvgIpc) is 3.41. The van der Waals surface area contributed by atoms with E-state index >= 15 is 0 Å². The molecule has 3 aromatic heterocycles. The number of aromatic nitrogens is 5. The van der Waals surface area contributed by atoms with Gasteiger partial charge in [0.1, 0.15) is 23.3 Å². The number of ether oxygens (including phenoxy) is 1. The van der Waals surface area contributed by atoms with Crippen LogP contribution in [0.15, 0.2) is 78.6 Å². The van der Waals surface area contributed by atoms with Gasteiger partial charge in [0.05, 0.1) is 17.6 Å². The van der Waals surface area contributed by atoms with Crippen molar-refractivity contribution in [3.05, 3.63) is 84.3 Å². The highest BCUT2D eigenvalue weighted by molar-refractivity contribution is 7.13. The van der Waals surface area contributed by atoms with Gasteiger partial charge in [0.15, 0.2) is 5.65 Å². The average molecular weight is 385 g/mol. The van der Waals surface area contributed by atoms with Crippen molar-refractivity contribution in [3.63, 3.8) is 0 Å². The summed E-state index contributed by atoms with van der Waals surface area (Å²) in [5, 5.41) is 8.20. The van der Waals surface area contributed by atoms with Crippen LogP contribution in [-0.2, 0) is 6.61 Å². The highest BCUT2D eigenvalue weighted by Gasteiger charge is 2.13. The van der Waals surface area contributed by atoms with E-state index in [2.05, 4.69) is 32.2 Å². The minimum absolute atomic E-state index is 0.339. The second-order valence-electron chi connectivity index (χ2n) is 6.11. The number of thiazole rings is 1. The molecule has 0 aliphatic rings. The molecule has 5 aromatic rings. The Morgan fingerprint density at radius 1 is 0.929 bits per heavy atom. The van der Waals surface area contributed by atoms with Crippen LogP contribution in [0.25, 0.3) is 27.3 Å². The summed E-state index contributed by atoms with van der Waals surface area (Å²) in [5.74, 6) is 0.501. The maximum atomic E-state index is 5.94. The lowest BCUT2D eigenvalue weighted by atomic mass is 10.2. The number of benzene rings is 2. The fourth-order valence-electron chi connectivity index (χ4n) is 2.92. The molecule has 0 bridgehead atoms. The molecule has 0 amide bonds. The molecule has 28 heavy (non-hydrogen) atoms. The van der Waals surface area contributed by atoms with Crippen LogP contribution in [0, 0.1) is 0 Å². The van der Waals surface area contributed by atoms with Gasteiger partial charge < -0.3 is 4.74 Å². The number of hydrogen-bond acceptors (Lipinski definition) is 6. The van der Waals surface area contributed by atoms with E-state index in [1.54, 1.807) is 22.2 Å². The summed E-state index contributed by atoms with van der Waals surface area (Å²) in [6.07, 6.45) is 3.23. The summed E-state index contributed by atoms with van der Waals surface area (Å²) < 4.78 is 7.72. The Labute approximate surface area is 165 Å². The molecule has 0 N–H and O–H groups in total. The molecule has 0 spiro atoms. The standard InChI is InChI=1S/C21H15N5OS/c1-3-7-15(8-4-1)21-25-16(13-28-21)12-27-20-18-11-24-26(19(18)22-14-23-20)17-9-5-2-6-10-17/h1-11,13-14H,12H2. The number of para-hydroxylation sites is 1. The zero-order valence-electron chi connectivity index (χ0n) is 14.8. The molecule has 0 fully saturated rings. The lowest BCUT2D eigenvalue weighted by Gasteiger charge is -2.05.